The maximum Gasteiger partial charge on any atom is 0.209 e. The monoisotopic (exact) mass is 293 g/mol. The van der Waals surface area contributed by atoms with Crippen molar-refractivity contribution < 1.29 is 8.42 Å². The van der Waals surface area contributed by atoms with Crippen LogP contribution in [0.15, 0.2) is 35.4 Å². The number of nitrogens with two attached hydrogens (primary N) is 1. The van der Waals surface area contributed by atoms with E-state index >= 15 is 0 Å². The second-order valence-corrected chi connectivity index (χ2v) is 6.70. The summed E-state index contributed by atoms with van der Waals surface area (Å²) in [5.41, 5.74) is 1.25. The van der Waals surface area contributed by atoms with Gasteiger partial charge in [0.15, 0.2) is 0 Å². The number of pyridine rings is 1. The molecule has 0 spiro atoms. The average Bonchev–Trinajstić information content (AvgIpc) is 2.36. The Bertz CT molecular complexity index is 751. The van der Waals surface area contributed by atoms with Crippen molar-refractivity contribution in [3.63, 3.8) is 0 Å². The minimum Gasteiger partial charge on any atom is -0.241 e. The van der Waals surface area contributed by atoms with E-state index in [-0.39, 0.29) is 5.75 Å². The Hall–Kier alpha value is -1.62. The molecule has 0 aliphatic carbocycles. The number of hydrogen-bond acceptors (Lipinski definition) is 5. The van der Waals surface area contributed by atoms with Gasteiger partial charge in [-0.3, -0.25) is 0 Å². The van der Waals surface area contributed by atoms with Crippen molar-refractivity contribution in [1.82, 2.24) is 4.98 Å². The Morgan fingerprint density at radius 2 is 2.11 bits per heavy atom. The van der Waals surface area contributed by atoms with Crippen LogP contribution < -0.4 is 5.14 Å². The molecular weight excluding hydrogens is 282 g/mol. The number of fused-ring (bicyclic) bond motifs is 1. The first kappa shape index (κ1) is 13.8. The Labute approximate surface area is 115 Å². The third kappa shape index (κ3) is 3.67. The van der Waals surface area contributed by atoms with E-state index in [1.165, 1.54) is 11.8 Å². The number of sulfonamides is 1. The third-order valence-corrected chi connectivity index (χ3v) is 4.38. The molecule has 1 aromatic heterocycles. The van der Waals surface area contributed by atoms with Crippen molar-refractivity contribution in [2.75, 3.05) is 11.5 Å². The molecule has 0 aliphatic rings. The van der Waals surface area contributed by atoms with Crippen LogP contribution in [0.25, 0.3) is 10.9 Å². The van der Waals surface area contributed by atoms with Gasteiger partial charge in [0.1, 0.15) is 0 Å². The Kier molecular flexibility index (Phi) is 4.04. The lowest BCUT2D eigenvalue weighted by atomic mass is 10.1. The molecule has 0 amide bonds. The lowest BCUT2D eigenvalue weighted by Crippen LogP contribution is -2.17. The molecule has 0 saturated heterocycles. The van der Waals surface area contributed by atoms with Crippen LogP contribution in [0, 0.1) is 11.3 Å². The second-order valence-electron chi connectivity index (χ2n) is 3.85. The van der Waals surface area contributed by atoms with Crippen molar-refractivity contribution in [3.8, 4) is 6.07 Å². The van der Waals surface area contributed by atoms with Crippen LogP contribution in [0.5, 0.6) is 0 Å². The van der Waals surface area contributed by atoms with E-state index in [0.29, 0.717) is 16.3 Å². The number of nitrogens with zero attached hydrogens (tertiary/aromatic N) is 2. The van der Waals surface area contributed by atoms with E-state index in [9.17, 15) is 8.42 Å². The summed E-state index contributed by atoms with van der Waals surface area (Å²) >= 11 is 1.27. The van der Waals surface area contributed by atoms with E-state index in [0.717, 1.165) is 10.9 Å². The largest absolute Gasteiger partial charge is 0.241 e. The Balaban J connectivity index is 2.28. The maximum absolute atomic E-state index is 10.8. The average molecular weight is 293 g/mol. The van der Waals surface area contributed by atoms with Gasteiger partial charge in [-0.15, -0.1) is 11.8 Å². The smallest absolute Gasteiger partial charge is 0.209 e. The van der Waals surface area contributed by atoms with E-state index in [4.69, 9.17) is 10.4 Å². The van der Waals surface area contributed by atoms with Gasteiger partial charge in [-0.2, -0.15) is 5.26 Å². The number of nitriles is 1. The van der Waals surface area contributed by atoms with Gasteiger partial charge in [-0.1, -0.05) is 18.2 Å². The summed E-state index contributed by atoms with van der Waals surface area (Å²) in [4.78, 5) is 4.38. The van der Waals surface area contributed by atoms with Gasteiger partial charge in [-0.25, -0.2) is 18.5 Å². The zero-order valence-corrected chi connectivity index (χ0v) is 11.5. The summed E-state index contributed by atoms with van der Waals surface area (Å²) in [6.45, 7) is 0. The lowest BCUT2D eigenvalue weighted by molar-refractivity contribution is 0.599. The maximum atomic E-state index is 10.8. The molecule has 0 atom stereocenters. The van der Waals surface area contributed by atoms with E-state index < -0.39 is 10.0 Å². The van der Waals surface area contributed by atoms with Gasteiger partial charge in [0, 0.05) is 11.1 Å². The highest BCUT2D eigenvalue weighted by molar-refractivity contribution is 8.00. The Morgan fingerprint density at radius 1 is 1.37 bits per heavy atom. The Morgan fingerprint density at radius 3 is 2.79 bits per heavy atom. The van der Waals surface area contributed by atoms with E-state index in [1.54, 1.807) is 6.07 Å². The molecule has 0 aliphatic heterocycles. The highest BCUT2D eigenvalue weighted by Gasteiger charge is 2.07. The van der Waals surface area contributed by atoms with Crippen molar-refractivity contribution in [2.45, 2.75) is 5.03 Å². The van der Waals surface area contributed by atoms with Gasteiger partial charge < -0.3 is 0 Å². The first-order valence-corrected chi connectivity index (χ1v) is 8.13. The van der Waals surface area contributed by atoms with E-state index in [2.05, 4.69) is 11.1 Å². The predicted octanol–water partition coefficient (Wildman–Crippen LogP) is 1.49. The van der Waals surface area contributed by atoms with Crippen LogP contribution in [-0.2, 0) is 10.0 Å². The standard InChI is InChI=1S/C12H11N3O2S2/c13-8-9-7-12(18-5-6-19(14,16)17)15-11-4-2-1-3-10(9)11/h1-4,7H,5-6H2,(H2,14,16,17). The highest BCUT2D eigenvalue weighted by atomic mass is 32.2. The molecule has 1 heterocycles. The number of hydrogen-bond donors (Lipinski definition) is 1. The summed E-state index contributed by atoms with van der Waals surface area (Å²) < 4.78 is 21.7. The molecular formula is C12H11N3O2S2. The van der Waals surface area contributed by atoms with Crippen molar-refractivity contribution in [2.24, 2.45) is 5.14 Å². The molecule has 0 bridgehead atoms. The molecule has 98 valence electrons. The molecule has 2 aromatic rings. The van der Waals surface area contributed by atoms with Crippen LogP contribution in [0.3, 0.4) is 0 Å². The van der Waals surface area contributed by atoms with Crippen LogP contribution in [0.1, 0.15) is 5.56 Å². The summed E-state index contributed by atoms with van der Waals surface area (Å²) in [6.07, 6.45) is 0. The quantitative estimate of drug-likeness (QED) is 0.861. The zero-order chi connectivity index (χ0) is 13.9. The highest BCUT2D eigenvalue weighted by Crippen LogP contribution is 2.23. The number of aromatic nitrogens is 1. The minimum atomic E-state index is -3.47. The molecule has 2 rings (SSSR count). The van der Waals surface area contributed by atoms with Gasteiger partial charge in [-0.05, 0) is 12.1 Å². The van der Waals surface area contributed by atoms with Gasteiger partial charge in [0.05, 0.1) is 27.9 Å². The lowest BCUT2D eigenvalue weighted by Gasteiger charge is -2.04. The zero-order valence-electron chi connectivity index (χ0n) is 9.91. The summed E-state index contributed by atoms with van der Waals surface area (Å²) in [7, 11) is -3.47. The number of para-hydroxylation sites is 1. The summed E-state index contributed by atoms with van der Waals surface area (Å²) in [5, 5.41) is 15.5. The number of primary sulfonamides is 1. The number of thioether (sulfide) groups is 1. The SMILES string of the molecule is N#Cc1cc(SCCS(N)(=O)=O)nc2ccccc12. The molecule has 2 N–H and O–H groups in total. The van der Waals surface area contributed by atoms with Crippen molar-refractivity contribution >= 4 is 32.7 Å². The van der Waals surface area contributed by atoms with Crippen molar-refractivity contribution in [3.05, 3.63) is 35.9 Å². The molecule has 0 unspecified atom stereocenters. The minimum absolute atomic E-state index is 0.117. The van der Waals surface area contributed by atoms with E-state index in [1.807, 2.05) is 24.3 Å². The fourth-order valence-electron chi connectivity index (χ4n) is 1.58. The predicted molar refractivity (Wildman–Crippen MR) is 75.2 cm³/mol. The van der Waals surface area contributed by atoms with Crippen LogP contribution >= 0.6 is 11.8 Å². The molecule has 7 heteroatoms. The van der Waals surface area contributed by atoms with Crippen LogP contribution in [-0.4, -0.2) is 24.9 Å². The van der Waals surface area contributed by atoms with Crippen molar-refractivity contribution in [1.29, 1.82) is 5.26 Å². The topological polar surface area (TPSA) is 96.8 Å². The van der Waals surface area contributed by atoms with Crippen LogP contribution in [0.4, 0.5) is 0 Å². The fraction of sp³-hybridized carbons (Fsp3) is 0.167. The molecule has 0 saturated carbocycles. The fourth-order valence-corrected chi connectivity index (χ4v) is 3.42. The molecule has 1 aromatic carbocycles. The van der Waals surface area contributed by atoms with Crippen LogP contribution in [0.2, 0.25) is 0 Å². The number of benzene rings is 1. The summed E-state index contributed by atoms with van der Waals surface area (Å²) in [6, 6.07) is 11.1. The molecule has 5 nitrogen and oxygen atoms in total. The second kappa shape index (κ2) is 5.57. The van der Waals surface area contributed by atoms with Gasteiger partial charge in [0.2, 0.25) is 10.0 Å². The molecule has 0 radical (unpaired) electrons. The van der Waals surface area contributed by atoms with Gasteiger partial charge >= 0.3 is 0 Å². The first-order valence-electron chi connectivity index (χ1n) is 5.43. The normalized spacial score (nSPS) is 11.4. The third-order valence-electron chi connectivity index (χ3n) is 2.43. The molecule has 0 fully saturated rings. The molecule has 19 heavy (non-hydrogen) atoms. The van der Waals surface area contributed by atoms with Gasteiger partial charge in [0.25, 0.3) is 0 Å². The number of rotatable bonds is 4. The first-order chi connectivity index (χ1) is 8.99. The summed E-state index contributed by atoms with van der Waals surface area (Å²) in [5.74, 6) is 0.198.